The molecule has 2 aromatic rings. The third-order valence-corrected chi connectivity index (χ3v) is 5.11. The van der Waals surface area contributed by atoms with E-state index in [2.05, 4.69) is 10.3 Å². The number of nitrogens with two attached hydrogens (primary N) is 1. The maximum absolute atomic E-state index is 12.7. The van der Waals surface area contributed by atoms with Gasteiger partial charge in [-0.25, -0.2) is 4.99 Å². The van der Waals surface area contributed by atoms with E-state index in [-0.39, 0.29) is 11.6 Å². The molecule has 0 bridgehead atoms. The second kappa shape index (κ2) is 6.39. The van der Waals surface area contributed by atoms with Crippen molar-refractivity contribution >= 4 is 23.1 Å². The van der Waals surface area contributed by atoms with Crippen molar-refractivity contribution in [3.63, 3.8) is 0 Å². The summed E-state index contributed by atoms with van der Waals surface area (Å²) in [4.78, 5) is 29.4. The summed E-state index contributed by atoms with van der Waals surface area (Å²) in [5.41, 5.74) is 7.93. The van der Waals surface area contributed by atoms with Crippen molar-refractivity contribution in [1.29, 1.82) is 0 Å². The van der Waals surface area contributed by atoms with Crippen LogP contribution in [0.1, 0.15) is 28.8 Å². The Morgan fingerprint density at radius 2 is 1.81 bits per heavy atom. The Morgan fingerprint density at radius 1 is 1.15 bits per heavy atom. The summed E-state index contributed by atoms with van der Waals surface area (Å²) in [5, 5.41) is 14.2. The highest BCUT2D eigenvalue weighted by Crippen LogP contribution is 2.34. The number of non-ortho nitro benzene ring substituents is 1. The lowest BCUT2D eigenvalue weighted by molar-refractivity contribution is -0.384. The van der Waals surface area contributed by atoms with Crippen molar-refractivity contribution < 1.29 is 9.72 Å². The summed E-state index contributed by atoms with van der Waals surface area (Å²) in [6.07, 6.45) is 1.28. The van der Waals surface area contributed by atoms with Crippen LogP contribution in [-0.4, -0.2) is 40.3 Å². The van der Waals surface area contributed by atoms with Gasteiger partial charge < -0.3 is 16.0 Å². The molecule has 3 N–H and O–H groups in total. The first-order valence-electron chi connectivity index (χ1n) is 8.74. The Kier molecular flexibility index (Phi) is 4.02. The Labute approximate surface area is 155 Å². The first-order chi connectivity index (χ1) is 13.0. The van der Waals surface area contributed by atoms with Gasteiger partial charge in [0.2, 0.25) is 0 Å². The van der Waals surface area contributed by atoms with Crippen LogP contribution in [0.15, 0.2) is 53.5 Å². The number of carbonyl (C=O) groups excluding carboxylic acids is 1. The number of fused-ring (bicyclic) bond motifs is 1. The largest absolute Gasteiger partial charge is 0.383 e. The molecule has 2 aliphatic heterocycles. The molecule has 0 aromatic heterocycles. The number of benzene rings is 2. The fraction of sp³-hybridized carbons (Fsp3) is 0.263. The predicted octanol–water partition coefficient (Wildman–Crippen LogP) is 2.36. The average molecular weight is 365 g/mol. The number of amides is 1. The molecule has 8 heteroatoms. The molecule has 2 aromatic carbocycles. The van der Waals surface area contributed by atoms with Crippen molar-refractivity contribution in [3.05, 3.63) is 69.8 Å². The highest BCUT2D eigenvalue weighted by atomic mass is 16.6. The molecule has 4 rings (SSSR count). The van der Waals surface area contributed by atoms with Crippen molar-refractivity contribution in [1.82, 2.24) is 4.90 Å². The molecule has 2 heterocycles. The average Bonchev–Trinajstić information content (AvgIpc) is 2.68. The number of nitro groups is 1. The number of piperidine rings is 1. The summed E-state index contributed by atoms with van der Waals surface area (Å²) >= 11 is 0. The van der Waals surface area contributed by atoms with Crippen LogP contribution < -0.4 is 11.1 Å². The predicted molar refractivity (Wildman–Crippen MR) is 102 cm³/mol. The number of rotatable bonds is 2. The molecule has 0 atom stereocenters. The Bertz CT molecular complexity index is 931. The number of nitrogens with one attached hydrogen (secondary N) is 1. The minimum absolute atomic E-state index is 0.0287. The van der Waals surface area contributed by atoms with E-state index in [0.29, 0.717) is 37.3 Å². The molecule has 0 aliphatic carbocycles. The van der Waals surface area contributed by atoms with Crippen LogP contribution in [0.25, 0.3) is 0 Å². The van der Waals surface area contributed by atoms with Crippen molar-refractivity contribution in [3.8, 4) is 0 Å². The van der Waals surface area contributed by atoms with E-state index in [1.165, 1.54) is 24.3 Å². The molecule has 1 spiro atoms. The van der Waals surface area contributed by atoms with E-state index >= 15 is 0 Å². The quantitative estimate of drug-likeness (QED) is 0.626. The normalized spacial score (nSPS) is 17.6. The van der Waals surface area contributed by atoms with Gasteiger partial charge in [-0.15, -0.1) is 0 Å². The zero-order valence-electron chi connectivity index (χ0n) is 14.6. The number of hydrogen-bond donors (Lipinski definition) is 2. The number of nitro benzene ring substituents is 1. The number of aliphatic imine (C=N–C) groups is 1. The van der Waals surface area contributed by atoms with Gasteiger partial charge in [0.1, 0.15) is 11.5 Å². The molecule has 138 valence electrons. The summed E-state index contributed by atoms with van der Waals surface area (Å²) in [7, 11) is 0. The van der Waals surface area contributed by atoms with Gasteiger partial charge in [0.05, 0.1) is 4.92 Å². The highest BCUT2D eigenvalue weighted by Gasteiger charge is 2.38. The van der Waals surface area contributed by atoms with Crippen LogP contribution in [0, 0.1) is 10.1 Å². The van der Waals surface area contributed by atoms with E-state index in [9.17, 15) is 14.9 Å². The molecule has 0 saturated carbocycles. The number of likely N-dealkylation sites (tertiary alicyclic amines) is 1. The van der Waals surface area contributed by atoms with Crippen molar-refractivity contribution in [2.75, 3.05) is 18.4 Å². The van der Waals surface area contributed by atoms with E-state index in [0.717, 1.165) is 11.3 Å². The van der Waals surface area contributed by atoms with E-state index in [4.69, 9.17) is 5.73 Å². The third-order valence-electron chi connectivity index (χ3n) is 5.11. The van der Waals surface area contributed by atoms with Crippen LogP contribution in [0.5, 0.6) is 0 Å². The van der Waals surface area contributed by atoms with Gasteiger partial charge in [-0.2, -0.15) is 0 Å². The number of amidine groups is 1. The maximum atomic E-state index is 12.7. The first kappa shape index (κ1) is 17.0. The van der Waals surface area contributed by atoms with Gasteiger partial charge in [-0.05, 0) is 24.3 Å². The molecule has 27 heavy (non-hydrogen) atoms. The van der Waals surface area contributed by atoms with Gasteiger partial charge in [-0.1, -0.05) is 12.1 Å². The topological polar surface area (TPSA) is 114 Å². The molecule has 1 amide bonds. The number of carbonyl (C=O) groups is 1. The SMILES string of the molecule is NC1=NC2(CCN(C(=O)c3ccc([N+](=O)[O-])cc3)CC2)Nc2ccccc21. The standard InChI is InChI=1S/C19H19N5O3/c20-17-15-3-1-2-4-16(15)21-19(22-17)9-11-23(12-10-19)18(25)13-5-7-14(8-6-13)24(26)27/h1-8,21H,9-12H2,(H2,20,22). The van der Waals surface area contributed by atoms with Crippen molar-refractivity contribution in [2.45, 2.75) is 18.5 Å². The lowest BCUT2D eigenvalue weighted by Crippen LogP contribution is -2.52. The van der Waals surface area contributed by atoms with E-state index in [1.54, 1.807) is 4.90 Å². The van der Waals surface area contributed by atoms with Crippen LogP contribution in [0.4, 0.5) is 11.4 Å². The Hall–Kier alpha value is -3.42. The molecule has 8 nitrogen and oxygen atoms in total. The molecular formula is C19H19N5O3. The van der Waals surface area contributed by atoms with Gasteiger partial charge in [0, 0.05) is 54.9 Å². The van der Waals surface area contributed by atoms with Crippen LogP contribution in [-0.2, 0) is 0 Å². The third kappa shape index (κ3) is 3.10. The Morgan fingerprint density at radius 3 is 2.48 bits per heavy atom. The van der Waals surface area contributed by atoms with Gasteiger partial charge in [0.25, 0.3) is 11.6 Å². The van der Waals surface area contributed by atoms with E-state index in [1.807, 2.05) is 24.3 Å². The molecular weight excluding hydrogens is 346 g/mol. The Balaban J connectivity index is 1.47. The zero-order chi connectivity index (χ0) is 19.0. The van der Waals surface area contributed by atoms with Crippen LogP contribution in [0.3, 0.4) is 0 Å². The molecule has 1 fully saturated rings. The summed E-state index contributed by atoms with van der Waals surface area (Å²) in [6.45, 7) is 1.06. The van der Waals surface area contributed by atoms with E-state index < -0.39 is 10.6 Å². The fourth-order valence-corrected chi connectivity index (χ4v) is 3.61. The van der Waals surface area contributed by atoms with Crippen molar-refractivity contribution in [2.24, 2.45) is 10.7 Å². The lowest BCUT2D eigenvalue weighted by atomic mass is 9.93. The first-order valence-corrected chi connectivity index (χ1v) is 8.74. The molecule has 0 unspecified atom stereocenters. The zero-order valence-corrected chi connectivity index (χ0v) is 14.6. The molecule has 0 radical (unpaired) electrons. The number of hydrogen-bond acceptors (Lipinski definition) is 6. The minimum atomic E-state index is -0.495. The molecule has 1 saturated heterocycles. The number of nitrogens with zero attached hydrogens (tertiary/aromatic N) is 3. The van der Waals surface area contributed by atoms with Gasteiger partial charge in [0.15, 0.2) is 0 Å². The summed E-state index contributed by atoms with van der Waals surface area (Å²) in [5.74, 6) is 0.382. The second-order valence-electron chi connectivity index (χ2n) is 6.80. The molecule has 2 aliphatic rings. The van der Waals surface area contributed by atoms with Gasteiger partial charge >= 0.3 is 0 Å². The maximum Gasteiger partial charge on any atom is 0.269 e. The monoisotopic (exact) mass is 365 g/mol. The van der Waals surface area contributed by atoms with Gasteiger partial charge in [-0.3, -0.25) is 14.9 Å². The summed E-state index contributed by atoms with van der Waals surface area (Å²) < 4.78 is 0. The second-order valence-corrected chi connectivity index (χ2v) is 6.80. The lowest BCUT2D eigenvalue weighted by Gasteiger charge is -2.42. The highest BCUT2D eigenvalue weighted by molar-refractivity contribution is 6.04. The number of para-hydroxylation sites is 1. The smallest absolute Gasteiger partial charge is 0.269 e. The fourth-order valence-electron chi connectivity index (χ4n) is 3.61. The van der Waals surface area contributed by atoms with Crippen LogP contribution >= 0.6 is 0 Å². The number of anilines is 1. The minimum Gasteiger partial charge on any atom is -0.383 e. The summed E-state index contributed by atoms with van der Waals surface area (Å²) in [6, 6.07) is 13.5. The van der Waals surface area contributed by atoms with Crippen LogP contribution in [0.2, 0.25) is 0 Å².